The Morgan fingerprint density at radius 1 is 0.882 bits per heavy atom. The molecule has 2 aliphatic rings. The monoisotopic (exact) mass is 483 g/mol. The maximum absolute atomic E-state index is 12.9. The van der Waals surface area contributed by atoms with Gasteiger partial charge in [0.05, 0.1) is 11.7 Å². The van der Waals surface area contributed by atoms with E-state index in [0.29, 0.717) is 19.5 Å². The van der Waals surface area contributed by atoms with Gasteiger partial charge < -0.3 is 10.2 Å². The van der Waals surface area contributed by atoms with Gasteiger partial charge in [0.1, 0.15) is 0 Å². The summed E-state index contributed by atoms with van der Waals surface area (Å²) in [6, 6.07) is 18.4. The quantitative estimate of drug-likeness (QED) is 0.586. The molecular formula is C27H37N3O3S. The Morgan fingerprint density at radius 2 is 1.62 bits per heavy atom. The van der Waals surface area contributed by atoms with Gasteiger partial charge in [-0.05, 0) is 68.2 Å². The highest BCUT2D eigenvalue weighted by Gasteiger charge is 2.31. The van der Waals surface area contributed by atoms with Gasteiger partial charge in [-0.1, -0.05) is 42.5 Å². The van der Waals surface area contributed by atoms with E-state index >= 15 is 0 Å². The molecule has 2 aromatic rings. The average Bonchev–Trinajstić information content (AvgIpc) is 2.89. The maximum atomic E-state index is 12.9. The second kappa shape index (κ2) is 11.8. The topological polar surface area (TPSA) is 69.7 Å². The molecule has 6 nitrogen and oxygen atoms in total. The molecule has 1 N–H and O–H groups in total. The van der Waals surface area contributed by atoms with Gasteiger partial charge >= 0.3 is 0 Å². The van der Waals surface area contributed by atoms with E-state index in [9.17, 15) is 13.2 Å². The molecule has 0 spiro atoms. The van der Waals surface area contributed by atoms with Gasteiger partial charge in [0.25, 0.3) is 0 Å². The van der Waals surface area contributed by atoms with Crippen LogP contribution in [0.1, 0.15) is 49.7 Å². The van der Waals surface area contributed by atoms with Crippen molar-refractivity contribution in [2.75, 3.05) is 36.8 Å². The molecule has 1 amide bonds. The van der Waals surface area contributed by atoms with Crippen LogP contribution in [-0.2, 0) is 27.8 Å². The van der Waals surface area contributed by atoms with Crippen LogP contribution in [0.3, 0.4) is 0 Å². The van der Waals surface area contributed by atoms with Crippen molar-refractivity contribution in [3.63, 3.8) is 0 Å². The molecule has 4 rings (SSSR count). The molecule has 0 bridgehead atoms. The van der Waals surface area contributed by atoms with Crippen LogP contribution in [0.4, 0.5) is 5.69 Å². The number of nitrogens with one attached hydrogen (secondary N) is 1. The van der Waals surface area contributed by atoms with Crippen LogP contribution in [0.5, 0.6) is 0 Å². The van der Waals surface area contributed by atoms with Gasteiger partial charge in [0, 0.05) is 38.4 Å². The Hall–Kier alpha value is -2.38. The van der Waals surface area contributed by atoms with Gasteiger partial charge in [0.2, 0.25) is 15.9 Å². The van der Waals surface area contributed by atoms with Crippen molar-refractivity contribution in [3.05, 3.63) is 65.7 Å². The molecule has 2 aromatic carbocycles. The Morgan fingerprint density at radius 3 is 2.35 bits per heavy atom. The Bertz CT molecular complexity index is 1020. The molecule has 0 unspecified atom stereocenters. The van der Waals surface area contributed by atoms with Crippen LogP contribution in [0.15, 0.2) is 54.6 Å². The first kappa shape index (κ1) is 24.7. The van der Waals surface area contributed by atoms with Crippen LogP contribution in [-0.4, -0.2) is 50.6 Å². The molecule has 2 aliphatic heterocycles. The molecule has 0 aromatic heterocycles. The summed E-state index contributed by atoms with van der Waals surface area (Å²) in [4.78, 5) is 15.2. The molecule has 0 saturated carbocycles. The summed E-state index contributed by atoms with van der Waals surface area (Å²) in [5.74, 6) is -0.214. The first-order chi connectivity index (χ1) is 16.5. The molecule has 0 radical (unpaired) electrons. The van der Waals surface area contributed by atoms with E-state index < -0.39 is 10.0 Å². The van der Waals surface area contributed by atoms with E-state index in [0.717, 1.165) is 43.5 Å². The van der Waals surface area contributed by atoms with Crippen molar-refractivity contribution < 1.29 is 13.2 Å². The maximum Gasteiger partial charge on any atom is 0.224 e. The van der Waals surface area contributed by atoms with E-state index in [1.54, 1.807) is 0 Å². The van der Waals surface area contributed by atoms with Crippen LogP contribution in [0, 0.1) is 5.92 Å². The number of amides is 1. The number of anilines is 1. The highest BCUT2D eigenvalue weighted by atomic mass is 32.2. The molecule has 2 heterocycles. The molecule has 2 saturated heterocycles. The Labute approximate surface area is 204 Å². The van der Waals surface area contributed by atoms with Crippen LogP contribution in [0.25, 0.3) is 0 Å². The second-order valence-corrected chi connectivity index (χ2v) is 11.6. The third-order valence-electron chi connectivity index (χ3n) is 6.98. The van der Waals surface area contributed by atoms with Crippen molar-refractivity contribution in [2.45, 2.75) is 51.5 Å². The average molecular weight is 484 g/mol. The summed E-state index contributed by atoms with van der Waals surface area (Å²) in [5, 5.41) is 3.03. The molecule has 34 heavy (non-hydrogen) atoms. The Kier molecular flexibility index (Phi) is 8.62. The zero-order valence-corrected chi connectivity index (χ0v) is 20.8. The van der Waals surface area contributed by atoms with Crippen LogP contribution >= 0.6 is 0 Å². The van der Waals surface area contributed by atoms with Gasteiger partial charge in [-0.2, -0.15) is 0 Å². The van der Waals surface area contributed by atoms with E-state index in [4.69, 9.17) is 0 Å². The summed E-state index contributed by atoms with van der Waals surface area (Å²) in [6.07, 6.45) is 6.60. The second-order valence-electron chi connectivity index (χ2n) is 9.53. The first-order valence-corrected chi connectivity index (χ1v) is 14.3. The third-order valence-corrected chi connectivity index (χ3v) is 8.91. The predicted octanol–water partition coefficient (Wildman–Crippen LogP) is 3.97. The molecule has 7 heteroatoms. The molecule has 2 fully saturated rings. The number of carbonyl (C=O) groups excluding carboxylic acids is 1. The standard InChI is InChI=1S/C27H37N3O3S/c31-27(28-21-24-13-15-26(16-14-24)29-17-5-2-6-18-29)25-12-7-19-30(22-25)34(32,33)20-8-11-23-9-3-1-4-10-23/h1,3-4,9-10,13-16,25H,2,5-8,11-12,17-22H2,(H,28,31)/t25-/m1/s1. The Balaban J connectivity index is 1.24. The summed E-state index contributed by atoms with van der Waals surface area (Å²) >= 11 is 0. The van der Waals surface area contributed by atoms with E-state index in [1.165, 1.54) is 29.3 Å². The number of hydrogen-bond acceptors (Lipinski definition) is 4. The lowest BCUT2D eigenvalue weighted by Crippen LogP contribution is -2.46. The van der Waals surface area contributed by atoms with Gasteiger partial charge in [0.15, 0.2) is 0 Å². The van der Waals surface area contributed by atoms with Crippen molar-refractivity contribution in [2.24, 2.45) is 5.92 Å². The van der Waals surface area contributed by atoms with Crippen LogP contribution < -0.4 is 10.2 Å². The van der Waals surface area contributed by atoms with Gasteiger partial charge in [-0.15, -0.1) is 0 Å². The number of rotatable bonds is 9. The number of carbonyl (C=O) groups is 1. The summed E-state index contributed by atoms with van der Waals surface area (Å²) in [6.45, 7) is 3.50. The number of benzene rings is 2. The SMILES string of the molecule is O=C(NCc1ccc(N2CCCCC2)cc1)[C@@H]1CCCN(S(=O)(=O)CCCc2ccccc2)C1. The van der Waals surface area contributed by atoms with E-state index in [1.807, 2.05) is 30.3 Å². The fourth-order valence-electron chi connectivity index (χ4n) is 4.95. The number of piperidine rings is 2. The largest absolute Gasteiger partial charge is 0.372 e. The zero-order chi connectivity index (χ0) is 23.8. The van der Waals surface area contributed by atoms with Crippen molar-refractivity contribution in [1.29, 1.82) is 0 Å². The van der Waals surface area contributed by atoms with Crippen molar-refractivity contribution in [1.82, 2.24) is 9.62 Å². The number of sulfonamides is 1. The summed E-state index contributed by atoms with van der Waals surface area (Å²) in [7, 11) is -3.35. The molecule has 1 atom stereocenters. The van der Waals surface area contributed by atoms with E-state index in [2.05, 4.69) is 34.5 Å². The number of hydrogen-bond donors (Lipinski definition) is 1. The highest BCUT2D eigenvalue weighted by Crippen LogP contribution is 2.22. The lowest BCUT2D eigenvalue weighted by Gasteiger charge is -2.31. The number of nitrogens with zero attached hydrogens (tertiary/aromatic N) is 2. The zero-order valence-electron chi connectivity index (χ0n) is 20.0. The molecule has 0 aliphatic carbocycles. The number of aryl methyl sites for hydroxylation is 1. The summed E-state index contributed by atoms with van der Waals surface area (Å²) < 4.78 is 27.3. The normalized spacial score (nSPS) is 19.6. The minimum atomic E-state index is -3.35. The minimum absolute atomic E-state index is 0.0516. The minimum Gasteiger partial charge on any atom is -0.372 e. The third kappa shape index (κ3) is 6.83. The predicted molar refractivity (Wildman–Crippen MR) is 137 cm³/mol. The van der Waals surface area contributed by atoms with Crippen LogP contribution in [0.2, 0.25) is 0 Å². The summed E-state index contributed by atoms with van der Waals surface area (Å²) in [5.41, 5.74) is 3.46. The fourth-order valence-corrected chi connectivity index (χ4v) is 6.53. The van der Waals surface area contributed by atoms with Gasteiger partial charge in [-0.3, -0.25) is 4.79 Å². The smallest absolute Gasteiger partial charge is 0.224 e. The van der Waals surface area contributed by atoms with Crippen molar-refractivity contribution >= 4 is 21.6 Å². The van der Waals surface area contributed by atoms with Crippen molar-refractivity contribution in [3.8, 4) is 0 Å². The molecule has 184 valence electrons. The highest BCUT2D eigenvalue weighted by molar-refractivity contribution is 7.89. The molecular weight excluding hydrogens is 446 g/mol. The van der Waals surface area contributed by atoms with E-state index in [-0.39, 0.29) is 24.1 Å². The lowest BCUT2D eigenvalue weighted by molar-refractivity contribution is -0.126. The lowest BCUT2D eigenvalue weighted by atomic mass is 9.98. The van der Waals surface area contributed by atoms with Gasteiger partial charge in [-0.25, -0.2) is 12.7 Å². The first-order valence-electron chi connectivity index (χ1n) is 12.6. The fraction of sp³-hybridized carbons (Fsp3) is 0.519.